The number of rotatable bonds is 4. The average Bonchev–Trinajstić information content (AvgIpc) is 2.82. The van der Waals surface area contributed by atoms with Gasteiger partial charge in [0.15, 0.2) is 0 Å². The van der Waals surface area contributed by atoms with Gasteiger partial charge >= 0.3 is 0 Å². The van der Waals surface area contributed by atoms with Crippen molar-refractivity contribution < 1.29 is 13.9 Å². The molecule has 7 heteroatoms. The van der Waals surface area contributed by atoms with E-state index in [1.54, 1.807) is 14.0 Å². The molecule has 0 spiro atoms. The summed E-state index contributed by atoms with van der Waals surface area (Å²) in [7, 11) is 1.66. The van der Waals surface area contributed by atoms with Crippen LogP contribution in [0.5, 0.6) is 5.75 Å². The number of methoxy groups -OCH3 is 1. The Morgan fingerprint density at radius 2 is 1.88 bits per heavy atom. The number of carbonyl (C=O) groups is 1. The molecule has 1 atom stereocenters. The molecule has 1 amide bonds. The highest BCUT2D eigenvalue weighted by atomic mass is 19.1. The van der Waals surface area contributed by atoms with Crippen molar-refractivity contribution in [3.8, 4) is 5.75 Å². The number of benzene rings is 1. The van der Waals surface area contributed by atoms with Gasteiger partial charge in [-0.15, -0.1) is 0 Å². The molecular weight excluding hydrogens is 335 g/mol. The topological polar surface area (TPSA) is 48.1 Å². The smallest absolute Gasteiger partial charge is 0.236 e. The molecule has 3 rings (SSSR count). The molecular formula is C19H29FN4O2. The second-order valence-corrected chi connectivity index (χ2v) is 7.37. The van der Waals surface area contributed by atoms with Gasteiger partial charge in [-0.05, 0) is 31.2 Å². The predicted octanol–water partition coefficient (Wildman–Crippen LogP) is 0.977. The van der Waals surface area contributed by atoms with Gasteiger partial charge in [-0.3, -0.25) is 9.69 Å². The van der Waals surface area contributed by atoms with Crippen molar-refractivity contribution in [2.75, 3.05) is 70.9 Å². The fourth-order valence-corrected chi connectivity index (χ4v) is 3.62. The molecule has 2 aliphatic rings. The lowest BCUT2D eigenvalue weighted by Crippen LogP contribution is -2.52. The van der Waals surface area contributed by atoms with Crippen molar-refractivity contribution in [1.29, 1.82) is 0 Å². The Morgan fingerprint density at radius 3 is 2.54 bits per heavy atom. The van der Waals surface area contributed by atoms with E-state index in [4.69, 9.17) is 4.74 Å². The molecule has 26 heavy (non-hydrogen) atoms. The zero-order chi connectivity index (χ0) is 18.6. The minimum absolute atomic E-state index is 0.0945. The van der Waals surface area contributed by atoms with Gasteiger partial charge in [0.05, 0.1) is 13.7 Å². The fourth-order valence-electron chi connectivity index (χ4n) is 3.62. The standard InChI is InChI=1S/C19H29FN4O2/c1-19(20)14-21-7-8-22(15-19)13-18(25)24-11-9-23(10-12-24)16-3-5-17(26-2)6-4-16/h3-6,21H,7-15H2,1-2H3. The molecule has 0 aromatic heterocycles. The van der Waals surface area contributed by atoms with Crippen LogP contribution in [0.2, 0.25) is 0 Å². The van der Waals surface area contributed by atoms with Crippen molar-refractivity contribution in [3.63, 3.8) is 0 Å². The van der Waals surface area contributed by atoms with Crippen LogP contribution in [0.3, 0.4) is 0 Å². The van der Waals surface area contributed by atoms with Crippen molar-refractivity contribution in [2.45, 2.75) is 12.6 Å². The van der Waals surface area contributed by atoms with Gasteiger partial charge in [-0.2, -0.15) is 0 Å². The zero-order valence-corrected chi connectivity index (χ0v) is 15.7. The summed E-state index contributed by atoms with van der Waals surface area (Å²) in [5.74, 6) is 0.937. The summed E-state index contributed by atoms with van der Waals surface area (Å²) in [5, 5.41) is 3.10. The Hall–Kier alpha value is -1.86. The van der Waals surface area contributed by atoms with Crippen molar-refractivity contribution >= 4 is 11.6 Å². The zero-order valence-electron chi connectivity index (χ0n) is 15.7. The molecule has 2 fully saturated rings. The molecule has 2 aliphatic heterocycles. The molecule has 1 N–H and O–H groups in total. The monoisotopic (exact) mass is 364 g/mol. The van der Waals surface area contributed by atoms with Crippen LogP contribution in [-0.2, 0) is 4.79 Å². The molecule has 0 radical (unpaired) electrons. The van der Waals surface area contributed by atoms with Crippen LogP contribution >= 0.6 is 0 Å². The minimum atomic E-state index is -1.29. The lowest BCUT2D eigenvalue weighted by atomic mass is 10.1. The summed E-state index contributed by atoms with van der Waals surface area (Å²) >= 11 is 0. The summed E-state index contributed by atoms with van der Waals surface area (Å²) in [6.07, 6.45) is 0. The van der Waals surface area contributed by atoms with E-state index in [1.807, 2.05) is 34.1 Å². The van der Waals surface area contributed by atoms with Crippen LogP contribution < -0.4 is 15.0 Å². The van der Waals surface area contributed by atoms with E-state index >= 15 is 0 Å². The molecule has 0 saturated carbocycles. The second-order valence-electron chi connectivity index (χ2n) is 7.37. The van der Waals surface area contributed by atoms with Crippen LogP contribution in [0.1, 0.15) is 6.92 Å². The highest BCUT2D eigenvalue weighted by Crippen LogP contribution is 2.20. The summed E-state index contributed by atoms with van der Waals surface area (Å²) in [6.45, 7) is 6.97. The Kier molecular flexibility index (Phi) is 5.98. The van der Waals surface area contributed by atoms with Crippen molar-refractivity contribution in [2.24, 2.45) is 0 Å². The molecule has 144 valence electrons. The van der Waals surface area contributed by atoms with Gasteiger partial charge < -0.3 is 19.9 Å². The van der Waals surface area contributed by atoms with E-state index < -0.39 is 5.67 Å². The number of alkyl halides is 1. The molecule has 0 bridgehead atoms. The number of nitrogens with one attached hydrogen (secondary N) is 1. The molecule has 2 heterocycles. The maximum Gasteiger partial charge on any atom is 0.236 e. The summed E-state index contributed by atoms with van der Waals surface area (Å²) < 4.78 is 19.5. The third-order valence-corrected chi connectivity index (χ3v) is 5.08. The number of anilines is 1. The second kappa shape index (κ2) is 8.22. The Bertz CT molecular complexity index is 600. The van der Waals surface area contributed by atoms with Gasteiger partial charge in [0.2, 0.25) is 5.91 Å². The lowest BCUT2D eigenvalue weighted by molar-refractivity contribution is -0.133. The summed E-state index contributed by atoms with van der Waals surface area (Å²) in [4.78, 5) is 18.7. The van der Waals surface area contributed by atoms with E-state index in [1.165, 1.54) is 0 Å². The van der Waals surface area contributed by atoms with E-state index in [2.05, 4.69) is 10.2 Å². The first-order chi connectivity index (χ1) is 12.5. The number of piperazine rings is 1. The molecule has 1 aromatic carbocycles. The number of nitrogens with zero attached hydrogens (tertiary/aromatic N) is 3. The quantitative estimate of drug-likeness (QED) is 0.863. The van der Waals surface area contributed by atoms with Crippen LogP contribution in [0.25, 0.3) is 0 Å². The number of hydrogen-bond donors (Lipinski definition) is 1. The third-order valence-electron chi connectivity index (χ3n) is 5.08. The van der Waals surface area contributed by atoms with Gasteiger partial charge in [-0.1, -0.05) is 0 Å². The normalized spacial score (nSPS) is 25.0. The maximum atomic E-state index is 14.3. The summed E-state index contributed by atoms with van der Waals surface area (Å²) in [5.41, 5.74) is -0.145. The van der Waals surface area contributed by atoms with E-state index in [-0.39, 0.29) is 5.91 Å². The molecule has 0 aliphatic carbocycles. The number of ether oxygens (including phenoxy) is 1. The van der Waals surface area contributed by atoms with Gasteiger partial charge in [-0.25, -0.2) is 4.39 Å². The Labute approximate surface area is 154 Å². The molecule has 1 aromatic rings. The van der Waals surface area contributed by atoms with Crippen LogP contribution in [0.15, 0.2) is 24.3 Å². The average molecular weight is 364 g/mol. The Balaban J connectivity index is 1.50. The van der Waals surface area contributed by atoms with E-state index in [0.29, 0.717) is 39.3 Å². The van der Waals surface area contributed by atoms with Crippen LogP contribution in [0, 0.1) is 0 Å². The largest absolute Gasteiger partial charge is 0.497 e. The fraction of sp³-hybridized carbons (Fsp3) is 0.632. The SMILES string of the molecule is COc1ccc(N2CCN(C(=O)CN3CCNCC(C)(F)C3)CC2)cc1. The third kappa shape index (κ3) is 4.86. The van der Waals surface area contributed by atoms with Gasteiger partial charge in [0.25, 0.3) is 0 Å². The molecule has 2 saturated heterocycles. The van der Waals surface area contributed by atoms with Crippen LogP contribution in [0.4, 0.5) is 10.1 Å². The van der Waals surface area contributed by atoms with Gasteiger partial charge in [0, 0.05) is 58.0 Å². The van der Waals surface area contributed by atoms with Crippen molar-refractivity contribution in [1.82, 2.24) is 15.1 Å². The number of halogens is 1. The van der Waals surface area contributed by atoms with Gasteiger partial charge in [0.1, 0.15) is 11.4 Å². The van der Waals surface area contributed by atoms with E-state index in [0.717, 1.165) is 31.1 Å². The number of carbonyl (C=O) groups excluding carboxylic acids is 1. The number of hydrogen-bond acceptors (Lipinski definition) is 5. The highest BCUT2D eigenvalue weighted by molar-refractivity contribution is 5.78. The van der Waals surface area contributed by atoms with E-state index in [9.17, 15) is 9.18 Å². The first-order valence-electron chi connectivity index (χ1n) is 9.26. The lowest BCUT2D eigenvalue weighted by Gasteiger charge is -2.37. The van der Waals surface area contributed by atoms with Crippen molar-refractivity contribution in [3.05, 3.63) is 24.3 Å². The first-order valence-corrected chi connectivity index (χ1v) is 9.26. The predicted molar refractivity (Wildman–Crippen MR) is 101 cm³/mol. The first kappa shape index (κ1) is 18.9. The molecule has 6 nitrogen and oxygen atoms in total. The highest BCUT2D eigenvalue weighted by Gasteiger charge is 2.31. The minimum Gasteiger partial charge on any atom is -0.497 e. The molecule has 1 unspecified atom stereocenters. The number of amides is 1. The summed E-state index contributed by atoms with van der Waals surface area (Å²) in [6, 6.07) is 7.99. The van der Waals surface area contributed by atoms with Crippen LogP contribution in [-0.4, -0.2) is 87.4 Å². The Morgan fingerprint density at radius 1 is 1.19 bits per heavy atom. The maximum absolute atomic E-state index is 14.3.